The Morgan fingerprint density at radius 3 is 2.55 bits per heavy atom. The topological polar surface area (TPSA) is 53.5 Å². The fraction of sp³-hybridized carbons (Fsp3) is 0.304. The minimum atomic E-state index is 0.606. The summed E-state index contributed by atoms with van der Waals surface area (Å²) in [5, 5.41) is 3.42. The first-order valence-corrected chi connectivity index (χ1v) is 10.1. The summed E-state index contributed by atoms with van der Waals surface area (Å²) in [7, 11) is 0. The van der Waals surface area contributed by atoms with Crippen LogP contribution in [0.5, 0.6) is 0 Å². The van der Waals surface area contributed by atoms with Crippen molar-refractivity contribution in [2.75, 3.05) is 48.0 Å². The number of rotatable bonds is 7. The molecule has 29 heavy (non-hydrogen) atoms. The van der Waals surface area contributed by atoms with Crippen molar-refractivity contribution < 1.29 is 4.74 Å². The molecule has 4 rings (SSSR count). The van der Waals surface area contributed by atoms with Crippen molar-refractivity contribution in [2.24, 2.45) is 0 Å². The van der Waals surface area contributed by atoms with E-state index in [-0.39, 0.29) is 0 Å². The molecule has 0 aliphatic carbocycles. The van der Waals surface area contributed by atoms with E-state index in [0.29, 0.717) is 5.95 Å². The zero-order valence-electron chi connectivity index (χ0n) is 16.8. The first-order valence-electron chi connectivity index (χ1n) is 10.1. The fourth-order valence-electron chi connectivity index (χ4n) is 3.52. The number of nitrogens with zero attached hydrogens (tertiary/aromatic N) is 4. The molecular weight excluding hydrogens is 362 g/mol. The van der Waals surface area contributed by atoms with Crippen molar-refractivity contribution in [1.82, 2.24) is 9.97 Å². The first-order chi connectivity index (χ1) is 14.3. The predicted octanol–water partition coefficient (Wildman–Crippen LogP) is 4.08. The van der Waals surface area contributed by atoms with Gasteiger partial charge < -0.3 is 19.9 Å². The molecule has 6 heteroatoms. The molecule has 1 fully saturated rings. The summed E-state index contributed by atoms with van der Waals surface area (Å²) in [6.45, 7) is 7.12. The molecule has 1 aromatic heterocycles. The zero-order valence-corrected chi connectivity index (χ0v) is 16.8. The lowest BCUT2D eigenvalue weighted by Gasteiger charge is -2.30. The van der Waals surface area contributed by atoms with Gasteiger partial charge in [-0.05, 0) is 30.7 Å². The molecule has 0 saturated carbocycles. The van der Waals surface area contributed by atoms with Crippen LogP contribution in [0.3, 0.4) is 0 Å². The number of hydrogen-bond acceptors (Lipinski definition) is 6. The molecule has 1 saturated heterocycles. The van der Waals surface area contributed by atoms with Gasteiger partial charge in [0, 0.05) is 32.4 Å². The average Bonchev–Trinajstić information content (AvgIpc) is 2.79. The molecule has 0 atom stereocenters. The molecule has 1 aliphatic heterocycles. The number of hydrogen-bond donors (Lipinski definition) is 1. The minimum absolute atomic E-state index is 0.606. The number of para-hydroxylation sites is 2. The lowest BCUT2D eigenvalue weighted by atomic mass is 10.2. The normalized spacial score (nSPS) is 13.9. The van der Waals surface area contributed by atoms with Gasteiger partial charge >= 0.3 is 0 Å². The molecule has 1 aliphatic rings. The van der Waals surface area contributed by atoms with Gasteiger partial charge in [0.15, 0.2) is 0 Å². The number of nitrogens with one attached hydrogen (secondary N) is 1. The Kier molecular flexibility index (Phi) is 6.22. The van der Waals surface area contributed by atoms with E-state index < -0.39 is 0 Å². The Hall–Kier alpha value is -3.12. The Morgan fingerprint density at radius 2 is 1.76 bits per heavy atom. The van der Waals surface area contributed by atoms with Gasteiger partial charge in [-0.15, -0.1) is 0 Å². The third kappa shape index (κ3) is 4.84. The van der Waals surface area contributed by atoms with Gasteiger partial charge in [0.05, 0.1) is 24.6 Å². The van der Waals surface area contributed by atoms with Gasteiger partial charge in [-0.3, -0.25) is 0 Å². The maximum Gasteiger partial charge on any atom is 0.229 e. The van der Waals surface area contributed by atoms with Crippen molar-refractivity contribution in [3.05, 3.63) is 72.4 Å². The summed E-state index contributed by atoms with van der Waals surface area (Å²) in [6, 6.07) is 20.7. The Labute approximate surface area is 172 Å². The highest BCUT2D eigenvalue weighted by Gasteiger charge is 2.15. The number of benzene rings is 2. The van der Waals surface area contributed by atoms with E-state index in [1.54, 1.807) is 0 Å². The Morgan fingerprint density at radius 1 is 1.00 bits per heavy atom. The molecule has 6 nitrogen and oxygen atoms in total. The van der Waals surface area contributed by atoms with Gasteiger partial charge in [-0.2, -0.15) is 4.98 Å². The van der Waals surface area contributed by atoms with Crippen molar-refractivity contribution in [3.8, 4) is 0 Å². The van der Waals surface area contributed by atoms with Gasteiger partial charge in [-0.1, -0.05) is 42.5 Å². The predicted molar refractivity (Wildman–Crippen MR) is 118 cm³/mol. The van der Waals surface area contributed by atoms with Crippen LogP contribution < -0.4 is 15.1 Å². The maximum atomic E-state index is 5.49. The first kappa shape index (κ1) is 19.2. The molecule has 150 valence electrons. The van der Waals surface area contributed by atoms with Crippen LogP contribution in [0.2, 0.25) is 0 Å². The van der Waals surface area contributed by atoms with Crippen LogP contribution >= 0.6 is 0 Å². The lowest BCUT2D eigenvalue weighted by Crippen LogP contribution is -2.36. The van der Waals surface area contributed by atoms with Crippen LogP contribution in [0.15, 0.2) is 66.9 Å². The third-order valence-electron chi connectivity index (χ3n) is 5.07. The third-order valence-corrected chi connectivity index (χ3v) is 5.07. The number of ether oxygens (including phenoxy) is 1. The van der Waals surface area contributed by atoms with Crippen LogP contribution in [-0.2, 0) is 11.3 Å². The van der Waals surface area contributed by atoms with E-state index in [0.717, 1.165) is 56.6 Å². The van der Waals surface area contributed by atoms with Gasteiger partial charge in [0.2, 0.25) is 5.95 Å². The fourth-order valence-corrected chi connectivity index (χ4v) is 3.52. The average molecular weight is 390 g/mol. The monoisotopic (exact) mass is 389 g/mol. The Balaban J connectivity index is 1.53. The SMILES string of the molecule is CCN(Cc1ccccc1)c1ccnc(Nc2ccccc2N2CCOCC2)n1. The second kappa shape index (κ2) is 9.39. The second-order valence-corrected chi connectivity index (χ2v) is 6.98. The largest absolute Gasteiger partial charge is 0.378 e. The molecule has 1 N–H and O–H groups in total. The van der Waals surface area contributed by atoms with E-state index in [9.17, 15) is 0 Å². The number of morpholine rings is 1. The van der Waals surface area contributed by atoms with Crippen LogP contribution in [0.1, 0.15) is 12.5 Å². The summed E-state index contributed by atoms with van der Waals surface area (Å²) in [6.07, 6.45) is 1.82. The quantitative estimate of drug-likeness (QED) is 0.657. The molecular formula is C23H27N5O. The van der Waals surface area contributed by atoms with E-state index in [1.807, 2.05) is 24.4 Å². The van der Waals surface area contributed by atoms with Crippen molar-refractivity contribution in [2.45, 2.75) is 13.5 Å². The van der Waals surface area contributed by atoms with E-state index in [2.05, 4.69) is 69.5 Å². The van der Waals surface area contributed by atoms with Crippen LogP contribution in [0, 0.1) is 0 Å². The summed E-state index contributed by atoms with van der Waals surface area (Å²) in [5.74, 6) is 1.52. The molecule has 0 radical (unpaired) electrons. The molecule has 0 amide bonds. The standard InChI is InChI=1S/C23H27N5O/c1-2-27(18-19-8-4-3-5-9-19)22-12-13-24-23(26-22)25-20-10-6-7-11-21(20)28-14-16-29-17-15-28/h3-13H,2,14-18H2,1H3,(H,24,25,26). The molecule has 0 bridgehead atoms. The van der Waals surface area contributed by atoms with Crippen molar-refractivity contribution >= 4 is 23.1 Å². The lowest BCUT2D eigenvalue weighted by molar-refractivity contribution is 0.123. The highest BCUT2D eigenvalue weighted by Crippen LogP contribution is 2.28. The smallest absolute Gasteiger partial charge is 0.229 e. The molecule has 2 heterocycles. The molecule has 3 aromatic rings. The van der Waals surface area contributed by atoms with Gasteiger partial charge in [0.1, 0.15) is 5.82 Å². The molecule has 0 unspecified atom stereocenters. The van der Waals surface area contributed by atoms with Crippen molar-refractivity contribution in [1.29, 1.82) is 0 Å². The summed E-state index contributed by atoms with van der Waals surface area (Å²) in [4.78, 5) is 13.8. The minimum Gasteiger partial charge on any atom is -0.378 e. The van der Waals surface area contributed by atoms with E-state index >= 15 is 0 Å². The number of anilines is 4. The zero-order chi connectivity index (χ0) is 19.9. The number of aromatic nitrogens is 2. The van der Waals surface area contributed by atoms with E-state index in [4.69, 9.17) is 9.72 Å². The van der Waals surface area contributed by atoms with Gasteiger partial charge in [0.25, 0.3) is 0 Å². The highest BCUT2D eigenvalue weighted by atomic mass is 16.5. The van der Waals surface area contributed by atoms with Gasteiger partial charge in [-0.25, -0.2) is 4.98 Å². The Bertz CT molecular complexity index is 912. The molecule has 0 spiro atoms. The van der Waals surface area contributed by atoms with Crippen LogP contribution in [0.25, 0.3) is 0 Å². The van der Waals surface area contributed by atoms with Crippen LogP contribution in [-0.4, -0.2) is 42.8 Å². The molecule has 2 aromatic carbocycles. The summed E-state index contributed by atoms with van der Waals surface area (Å²) < 4.78 is 5.49. The summed E-state index contributed by atoms with van der Waals surface area (Å²) >= 11 is 0. The van der Waals surface area contributed by atoms with E-state index in [1.165, 1.54) is 5.56 Å². The van der Waals surface area contributed by atoms with Crippen LogP contribution in [0.4, 0.5) is 23.1 Å². The highest BCUT2D eigenvalue weighted by molar-refractivity contribution is 5.73. The maximum absolute atomic E-state index is 5.49. The summed E-state index contributed by atoms with van der Waals surface area (Å²) in [5.41, 5.74) is 3.43. The van der Waals surface area contributed by atoms with Crippen molar-refractivity contribution in [3.63, 3.8) is 0 Å². The second-order valence-electron chi connectivity index (χ2n) is 6.98.